The predicted molar refractivity (Wildman–Crippen MR) is 97.4 cm³/mol. The van der Waals surface area contributed by atoms with Crippen molar-refractivity contribution < 1.29 is 4.79 Å². The number of amides is 1. The average Bonchev–Trinajstić information content (AvgIpc) is 2.93. The minimum atomic E-state index is -1.77. The predicted octanol–water partition coefficient (Wildman–Crippen LogP) is 2.83. The lowest BCUT2D eigenvalue weighted by Gasteiger charge is -2.50. The molecule has 1 fully saturated rings. The highest BCUT2D eigenvalue weighted by atomic mass is 16.2. The zero-order chi connectivity index (χ0) is 19.4. The zero-order valence-corrected chi connectivity index (χ0v) is 14.9. The molecule has 1 amide bonds. The van der Waals surface area contributed by atoms with E-state index >= 15 is 0 Å². The van der Waals surface area contributed by atoms with Crippen molar-refractivity contribution in [3.8, 4) is 18.2 Å². The number of nitrogens with zero attached hydrogens (tertiary/aromatic N) is 4. The van der Waals surface area contributed by atoms with E-state index in [2.05, 4.69) is 6.07 Å². The first-order valence-corrected chi connectivity index (χ1v) is 8.90. The third-order valence-corrected chi connectivity index (χ3v) is 6.40. The van der Waals surface area contributed by atoms with Crippen LogP contribution in [0.5, 0.6) is 0 Å². The van der Waals surface area contributed by atoms with Gasteiger partial charge in [-0.15, -0.1) is 0 Å². The van der Waals surface area contributed by atoms with Gasteiger partial charge in [-0.1, -0.05) is 24.3 Å². The lowest BCUT2D eigenvalue weighted by molar-refractivity contribution is -0.125. The van der Waals surface area contributed by atoms with Crippen LogP contribution in [0.1, 0.15) is 24.8 Å². The number of hydrogen-bond acceptors (Lipinski definition) is 5. The Bertz CT molecular complexity index is 1020. The van der Waals surface area contributed by atoms with Crippen molar-refractivity contribution in [2.24, 2.45) is 17.3 Å². The van der Waals surface area contributed by atoms with Crippen LogP contribution < -0.4 is 4.90 Å². The topological polar surface area (TPSA) is 116 Å². The van der Waals surface area contributed by atoms with Gasteiger partial charge in [0.25, 0.3) is 0 Å². The number of carbonyl (C=O) groups is 1. The van der Waals surface area contributed by atoms with Gasteiger partial charge < -0.3 is 10.3 Å². The zero-order valence-electron chi connectivity index (χ0n) is 14.9. The molecule has 0 aromatic heterocycles. The molecule has 27 heavy (non-hydrogen) atoms. The summed E-state index contributed by atoms with van der Waals surface area (Å²) >= 11 is 0. The van der Waals surface area contributed by atoms with Crippen LogP contribution in [0.2, 0.25) is 0 Å². The van der Waals surface area contributed by atoms with Crippen LogP contribution >= 0.6 is 0 Å². The second-order valence-electron chi connectivity index (χ2n) is 7.34. The molecular formula is C21H17N5O. The fourth-order valence-electron chi connectivity index (χ4n) is 5.24. The van der Waals surface area contributed by atoms with Crippen LogP contribution in [0.25, 0.3) is 0 Å². The van der Waals surface area contributed by atoms with Gasteiger partial charge in [-0.25, -0.2) is 0 Å². The van der Waals surface area contributed by atoms with Crippen LogP contribution in [0, 0.1) is 56.7 Å². The van der Waals surface area contributed by atoms with Crippen molar-refractivity contribution in [2.75, 3.05) is 11.9 Å². The van der Waals surface area contributed by atoms with Crippen LogP contribution in [0.15, 0.2) is 35.9 Å². The molecule has 1 aliphatic heterocycles. The molecule has 0 bridgehead atoms. The Kier molecular flexibility index (Phi) is 3.48. The van der Waals surface area contributed by atoms with E-state index in [1.807, 2.05) is 42.5 Å². The minimum Gasteiger partial charge on any atom is -0.314 e. The van der Waals surface area contributed by atoms with E-state index in [0.717, 1.165) is 17.7 Å². The number of nitriles is 3. The number of nitrogens with one attached hydrogen (secondary N) is 1. The van der Waals surface area contributed by atoms with Crippen molar-refractivity contribution in [1.82, 2.24) is 0 Å². The molecule has 4 rings (SSSR count). The Hall–Kier alpha value is -3.43. The molecule has 1 heterocycles. The molecule has 1 aromatic rings. The summed E-state index contributed by atoms with van der Waals surface area (Å²) < 4.78 is 0. The molecule has 3 aliphatic rings. The molecule has 2 aliphatic carbocycles. The highest BCUT2D eigenvalue weighted by Crippen LogP contribution is 2.61. The standard InChI is InChI=1S/C21H17N5O/c1-26-17-9-5-4-8-15(17)21(19(26)27)14-7-3-2-6-13(14)20(11-23,12-24)18(25)16(21)10-22/h4-6,8-9,14,16,25H,2-3,7H2,1H3/t14-,16?,21+/m1/s1. The Morgan fingerprint density at radius 3 is 2.59 bits per heavy atom. The maximum Gasteiger partial charge on any atom is 0.239 e. The monoisotopic (exact) mass is 355 g/mol. The second-order valence-corrected chi connectivity index (χ2v) is 7.34. The fraction of sp³-hybridized carbons (Fsp3) is 0.381. The van der Waals surface area contributed by atoms with Gasteiger partial charge in [0.05, 0.1) is 23.9 Å². The van der Waals surface area contributed by atoms with E-state index in [1.54, 1.807) is 11.9 Å². The third kappa shape index (κ3) is 1.72. The smallest absolute Gasteiger partial charge is 0.239 e. The average molecular weight is 355 g/mol. The molecular weight excluding hydrogens is 338 g/mol. The molecule has 1 N–H and O–H groups in total. The molecule has 6 heteroatoms. The van der Waals surface area contributed by atoms with Crippen molar-refractivity contribution in [2.45, 2.75) is 24.7 Å². The third-order valence-electron chi connectivity index (χ3n) is 6.40. The molecule has 0 saturated heterocycles. The van der Waals surface area contributed by atoms with Gasteiger partial charge in [-0.05, 0) is 36.5 Å². The molecule has 3 atom stereocenters. The maximum absolute atomic E-state index is 13.6. The van der Waals surface area contributed by atoms with Gasteiger partial charge >= 0.3 is 0 Å². The largest absolute Gasteiger partial charge is 0.314 e. The normalized spacial score (nSPS) is 30.6. The summed E-state index contributed by atoms with van der Waals surface area (Å²) in [6, 6.07) is 13.5. The SMILES string of the molecule is CN1C(=O)[C@@]2(c3ccccc31)C(C#N)C(=N)C(C#N)(C#N)C1=CCCC[C@H]12. The first-order valence-electron chi connectivity index (χ1n) is 8.90. The molecule has 1 aromatic carbocycles. The van der Waals surface area contributed by atoms with E-state index in [-0.39, 0.29) is 11.6 Å². The number of rotatable bonds is 0. The Labute approximate surface area is 157 Å². The Morgan fingerprint density at radius 1 is 1.22 bits per heavy atom. The Morgan fingerprint density at radius 2 is 1.93 bits per heavy atom. The number of para-hydroxylation sites is 1. The summed E-state index contributed by atoms with van der Waals surface area (Å²) in [4.78, 5) is 15.1. The van der Waals surface area contributed by atoms with Crippen LogP contribution in [-0.2, 0) is 10.2 Å². The fourth-order valence-corrected chi connectivity index (χ4v) is 5.24. The van der Waals surface area contributed by atoms with Gasteiger partial charge in [0.1, 0.15) is 11.3 Å². The van der Waals surface area contributed by atoms with Crippen LogP contribution in [-0.4, -0.2) is 18.7 Å². The summed E-state index contributed by atoms with van der Waals surface area (Å²) in [6.45, 7) is 0. The first kappa shape index (κ1) is 17.0. The number of likely N-dealkylation sites (N-methyl/N-ethyl adjacent to an activating group) is 1. The van der Waals surface area contributed by atoms with Crippen molar-refractivity contribution in [3.05, 3.63) is 41.5 Å². The summed E-state index contributed by atoms with van der Waals surface area (Å²) in [7, 11) is 1.68. The highest BCUT2D eigenvalue weighted by Gasteiger charge is 2.69. The van der Waals surface area contributed by atoms with E-state index in [4.69, 9.17) is 5.41 Å². The molecule has 1 saturated carbocycles. The molecule has 1 spiro atoms. The van der Waals surface area contributed by atoms with Crippen LogP contribution in [0.4, 0.5) is 5.69 Å². The van der Waals surface area contributed by atoms with E-state index in [1.165, 1.54) is 0 Å². The number of carbonyl (C=O) groups excluding carboxylic acids is 1. The van der Waals surface area contributed by atoms with Crippen molar-refractivity contribution in [1.29, 1.82) is 21.2 Å². The van der Waals surface area contributed by atoms with Gasteiger partial charge in [-0.2, -0.15) is 15.8 Å². The summed E-state index contributed by atoms with van der Waals surface area (Å²) in [5.41, 5.74) is -1.34. The second kappa shape index (κ2) is 5.53. The summed E-state index contributed by atoms with van der Waals surface area (Å²) in [5.74, 6) is -1.83. The van der Waals surface area contributed by atoms with Gasteiger partial charge in [0.2, 0.25) is 11.3 Å². The van der Waals surface area contributed by atoms with E-state index in [9.17, 15) is 20.6 Å². The lowest BCUT2D eigenvalue weighted by atomic mass is 9.47. The molecule has 0 radical (unpaired) electrons. The van der Waals surface area contributed by atoms with E-state index in [0.29, 0.717) is 18.4 Å². The number of anilines is 1. The number of benzene rings is 1. The van der Waals surface area contributed by atoms with Gasteiger partial charge in [-0.3, -0.25) is 4.79 Å². The first-order chi connectivity index (χ1) is 13.0. The summed E-state index contributed by atoms with van der Waals surface area (Å²) in [6.07, 6.45) is 3.96. The molecule has 1 unspecified atom stereocenters. The van der Waals surface area contributed by atoms with Gasteiger partial charge in [0, 0.05) is 18.7 Å². The quantitative estimate of drug-likeness (QED) is 0.720. The number of hydrogen-bond donors (Lipinski definition) is 1. The molecule has 6 nitrogen and oxygen atoms in total. The van der Waals surface area contributed by atoms with E-state index < -0.39 is 22.7 Å². The minimum absolute atomic E-state index is 0.234. The lowest BCUT2D eigenvalue weighted by Crippen LogP contribution is -2.61. The number of allylic oxidation sites excluding steroid dienone is 2. The maximum atomic E-state index is 13.6. The van der Waals surface area contributed by atoms with Crippen molar-refractivity contribution >= 4 is 17.3 Å². The summed E-state index contributed by atoms with van der Waals surface area (Å²) in [5, 5.41) is 38.4. The molecule has 132 valence electrons. The van der Waals surface area contributed by atoms with Crippen molar-refractivity contribution in [3.63, 3.8) is 0 Å². The van der Waals surface area contributed by atoms with Gasteiger partial charge in [0.15, 0.2) is 0 Å². The Balaban J connectivity index is 2.11. The number of fused-ring (bicyclic) bond motifs is 4. The van der Waals surface area contributed by atoms with Crippen LogP contribution in [0.3, 0.4) is 0 Å². The highest BCUT2D eigenvalue weighted by molar-refractivity contribution is 6.15.